The Bertz CT molecular complexity index is 264. The molecule has 0 saturated carbocycles. The van der Waals surface area contributed by atoms with Crippen LogP contribution < -0.4 is 5.32 Å². The first kappa shape index (κ1) is 14.5. The Morgan fingerprint density at radius 1 is 1.38 bits per heavy atom. The molecule has 0 unspecified atom stereocenters. The van der Waals surface area contributed by atoms with Gasteiger partial charge in [-0.25, -0.2) is 9.59 Å². The Balaban J connectivity index is 4.17. The summed E-state index contributed by atoms with van der Waals surface area (Å²) in [6.45, 7) is 1.26. The number of hydrogen-bond donors (Lipinski definition) is 2. The zero-order chi connectivity index (χ0) is 12.9. The van der Waals surface area contributed by atoms with Gasteiger partial charge in [0.1, 0.15) is 6.04 Å². The van der Waals surface area contributed by atoms with Crippen molar-refractivity contribution in [1.82, 2.24) is 5.32 Å². The Morgan fingerprint density at radius 3 is 2.19 bits per heavy atom. The van der Waals surface area contributed by atoms with E-state index < -0.39 is 36.8 Å². The minimum Gasteiger partial charge on any atom is -0.480 e. The number of hydrogen-bond acceptors (Lipinski definition) is 3. The third-order valence-electron chi connectivity index (χ3n) is 1.57. The maximum atomic E-state index is 11.6. The van der Waals surface area contributed by atoms with Crippen LogP contribution in [0.4, 0.5) is 18.0 Å². The van der Waals surface area contributed by atoms with Crippen molar-refractivity contribution in [2.75, 3.05) is 6.61 Å². The smallest absolute Gasteiger partial charge is 0.422 e. The van der Waals surface area contributed by atoms with Crippen LogP contribution in [0.3, 0.4) is 0 Å². The summed E-state index contributed by atoms with van der Waals surface area (Å²) in [6, 6.07) is -1.28. The van der Waals surface area contributed by atoms with Crippen LogP contribution in [0.15, 0.2) is 0 Å². The quantitative estimate of drug-likeness (QED) is 0.782. The van der Waals surface area contributed by atoms with Gasteiger partial charge >= 0.3 is 18.2 Å². The van der Waals surface area contributed by atoms with Crippen molar-refractivity contribution >= 4 is 12.1 Å². The number of aliphatic carboxylic acids is 1. The molecule has 8 heteroatoms. The number of nitrogens with one attached hydrogen (secondary N) is 1. The number of carbonyl (C=O) groups excluding carboxylic acids is 1. The Labute approximate surface area is 89.6 Å². The number of alkyl carbamates (subject to hydrolysis) is 1. The van der Waals surface area contributed by atoms with E-state index in [4.69, 9.17) is 5.11 Å². The Hall–Kier alpha value is -1.47. The average Bonchev–Trinajstić information content (AvgIpc) is 2.08. The second-order valence-electron chi connectivity index (χ2n) is 3.40. The zero-order valence-electron chi connectivity index (χ0n) is 8.67. The predicted octanol–water partition coefficient (Wildman–Crippen LogP) is 1.38. The summed E-state index contributed by atoms with van der Waals surface area (Å²) < 4.78 is 38.7. The molecule has 0 aliphatic carbocycles. The van der Waals surface area contributed by atoms with Crippen molar-refractivity contribution in [3.8, 4) is 0 Å². The van der Waals surface area contributed by atoms with Gasteiger partial charge in [-0.05, 0) is 5.92 Å². The molecule has 0 bridgehead atoms. The fourth-order valence-electron chi connectivity index (χ4n) is 0.830. The van der Waals surface area contributed by atoms with Crippen LogP contribution in [0.5, 0.6) is 0 Å². The molecule has 94 valence electrons. The lowest BCUT2D eigenvalue weighted by Gasteiger charge is -2.17. The number of halogens is 3. The van der Waals surface area contributed by atoms with Gasteiger partial charge in [-0.3, -0.25) is 0 Å². The van der Waals surface area contributed by atoms with Crippen LogP contribution in [-0.2, 0) is 9.53 Å². The molecular weight excluding hydrogens is 231 g/mol. The van der Waals surface area contributed by atoms with Crippen LogP contribution in [0, 0.1) is 5.92 Å². The van der Waals surface area contributed by atoms with E-state index in [-0.39, 0.29) is 0 Å². The molecule has 0 fully saturated rings. The van der Waals surface area contributed by atoms with Crippen molar-refractivity contribution < 1.29 is 32.6 Å². The summed E-state index contributed by atoms with van der Waals surface area (Å²) in [5.41, 5.74) is 0. The molecule has 16 heavy (non-hydrogen) atoms. The van der Waals surface area contributed by atoms with Gasteiger partial charge in [0.15, 0.2) is 6.61 Å². The molecule has 0 radical (unpaired) electrons. The van der Waals surface area contributed by atoms with E-state index in [1.54, 1.807) is 0 Å². The summed E-state index contributed by atoms with van der Waals surface area (Å²) >= 11 is 0. The molecule has 0 aliphatic heterocycles. The molecule has 0 heterocycles. The summed E-state index contributed by atoms with van der Waals surface area (Å²) in [5.74, 6) is -1.80. The third-order valence-corrected chi connectivity index (χ3v) is 1.57. The van der Waals surface area contributed by atoms with E-state index in [1.807, 2.05) is 5.32 Å². The SMILES string of the molecule is CC(C)[C@@H](NC(=O)OCC(F)(F)F)C(=O)O. The number of carboxylic acids is 1. The lowest BCUT2D eigenvalue weighted by Crippen LogP contribution is -2.45. The molecule has 0 rings (SSSR count). The standard InChI is InChI=1S/C8H12F3NO4/c1-4(2)5(6(13)14)12-7(15)16-3-8(9,10)11/h4-5H,3H2,1-2H3,(H,12,15)(H,13,14)/t5-/m1/s1. The molecule has 1 amide bonds. The van der Waals surface area contributed by atoms with Crippen molar-refractivity contribution in [2.24, 2.45) is 5.92 Å². The number of ether oxygens (including phenoxy) is 1. The van der Waals surface area contributed by atoms with E-state index in [0.29, 0.717) is 0 Å². The first-order valence-corrected chi connectivity index (χ1v) is 4.36. The second kappa shape index (κ2) is 5.57. The molecule has 1 atom stereocenters. The first-order chi connectivity index (χ1) is 7.13. The number of rotatable bonds is 4. The maximum Gasteiger partial charge on any atom is 0.422 e. The normalized spacial score (nSPS) is 13.4. The van der Waals surface area contributed by atoms with E-state index in [2.05, 4.69) is 4.74 Å². The van der Waals surface area contributed by atoms with Crippen LogP contribution in [0.1, 0.15) is 13.8 Å². The zero-order valence-corrected chi connectivity index (χ0v) is 8.67. The first-order valence-electron chi connectivity index (χ1n) is 4.36. The second-order valence-corrected chi connectivity index (χ2v) is 3.40. The molecule has 0 aliphatic rings. The number of carbonyl (C=O) groups is 2. The van der Waals surface area contributed by atoms with Crippen LogP contribution >= 0.6 is 0 Å². The molecular formula is C8H12F3NO4. The fourth-order valence-corrected chi connectivity index (χ4v) is 0.830. The molecule has 2 N–H and O–H groups in total. The lowest BCUT2D eigenvalue weighted by molar-refractivity contribution is -0.160. The number of alkyl halides is 3. The highest BCUT2D eigenvalue weighted by molar-refractivity contribution is 5.80. The van der Waals surface area contributed by atoms with Crippen LogP contribution in [0.25, 0.3) is 0 Å². The van der Waals surface area contributed by atoms with E-state index >= 15 is 0 Å². The maximum absolute atomic E-state index is 11.6. The summed E-state index contributed by atoms with van der Waals surface area (Å²) in [4.78, 5) is 21.4. The van der Waals surface area contributed by atoms with Gasteiger partial charge in [0.05, 0.1) is 0 Å². The lowest BCUT2D eigenvalue weighted by atomic mass is 10.1. The van der Waals surface area contributed by atoms with Gasteiger partial charge in [0, 0.05) is 0 Å². The van der Waals surface area contributed by atoms with Gasteiger partial charge in [-0.1, -0.05) is 13.8 Å². The highest BCUT2D eigenvalue weighted by Crippen LogP contribution is 2.14. The highest BCUT2D eigenvalue weighted by Gasteiger charge is 2.31. The monoisotopic (exact) mass is 243 g/mol. The summed E-state index contributed by atoms with van der Waals surface area (Å²) in [7, 11) is 0. The average molecular weight is 243 g/mol. The minimum absolute atomic E-state index is 0.462. The topological polar surface area (TPSA) is 75.6 Å². The van der Waals surface area contributed by atoms with E-state index in [1.165, 1.54) is 13.8 Å². The van der Waals surface area contributed by atoms with Crippen LogP contribution in [0.2, 0.25) is 0 Å². The molecule has 0 spiro atoms. The molecule has 0 saturated heterocycles. The third kappa shape index (κ3) is 6.10. The minimum atomic E-state index is -4.63. The summed E-state index contributed by atoms with van der Waals surface area (Å²) in [5, 5.41) is 10.5. The van der Waals surface area contributed by atoms with Gasteiger partial charge < -0.3 is 15.2 Å². The van der Waals surface area contributed by atoms with Crippen LogP contribution in [-0.4, -0.2) is 36.0 Å². The molecule has 5 nitrogen and oxygen atoms in total. The van der Waals surface area contributed by atoms with Crippen molar-refractivity contribution in [1.29, 1.82) is 0 Å². The molecule has 0 aromatic rings. The Morgan fingerprint density at radius 2 is 1.88 bits per heavy atom. The van der Waals surface area contributed by atoms with Gasteiger partial charge in [-0.15, -0.1) is 0 Å². The van der Waals surface area contributed by atoms with Crippen molar-refractivity contribution in [3.63, 3.8) is 0 Å². The van der Waals surface area contributed by atoms with Gasteiger partial charge in [0.2, 0.25) is 0 Å². The number of amides is 1. The van der Waals surface area contributed by atoms with E-state index in [0.717, 1.165) is 0 Å². The van der Waals surface area contributed by atoms with Crippen molar-refractivity contribution in [3.05, 3.63) is 0 Å². The largest absolute Gasteiger partial charge is 0.480 e. The van der Waals surface area contributed by atoms with E-state index in [9.17, 15) is 22.8 Å². The molecule has 0 aromatic carbocycles. The molecule has 0 aromatic heterocycles. The van der Waals surface area contributed by atoms with Crippen molar-refractivity contribution in [2.45, 2.75) is 26.1 Å². The predicted molar refractivity (Wildman–Crippen MR) is 46.8 cm³/mol. The fraction of sp³-hybridized carbons (Fsp3) is 0.750. The summed E-state index contributed by atoms with van der Waals surface area (Å²) in [6.07, 6.45) is -6.04. The van der Waals surface area contributed by atoms with Gasteiger partial charge in [0.25, 0.3) is 0 Å². The highest BCUT2D eigenvalue weighted by atomic mass is 19.4. The Kier molecular flexibility index (Phi) is 5.06. The van der Waals surface area contributed by atoms with Gasteiger partial charge in [-0.2, -0.15) is 13.2 Å². The number of carboxylic acid groups (broad SMARTS) is 1.